The Labute approximate surface area is 174 Å². The highest BCUT2D eigenvalue weighted by Gasteiger charge is 2.37. The van der Waals surface area contributed by atoms with Gasteiger partial charge in [0, 0.05) is 36.4 Å². The number of rotatable bonds is 4. The summed E-state index contributed by atoms with van der Waals surface area (Å²) in [4.78, 5) is 27.0. The van der Waals surface area contributed by atoms with E-state index in [1.165, 1.54) is 31.0 Å². The molecule has 0 aliphatic carbocycles. The number of hydrogen-bond donors (Lipinski definition) is 1. The SMILES string of the molecule is O=C(Nc1ccc(N2CCCC2)cc1)c1ccc(Cl)c(N2C(=O)CCS2(=O)=O)c1. The molecule has 0 saturated carbocycles. The molecule has 0 bridgehead atoms. The molecule has 2 fully saturated rings. The highest BCUT2D eigenvalue weighted by atomic mass is 35.5. The van der Waals surface area contributed by atoms with E-state index in [1.807, 2.05) is 24.3 Å². The van der Waals surface area contributed by atoms with E-state index in [0.29, 0.717) is 9.99 Å². The number of benzene rings is 2. The first-order chi connectivity index (χ1) is 13.8. The number of nitrogens with zero attached hydrogens (tertiary/aromatic N) is 2. The number of carbonyl (C=O) groups is 2. The first-order valence-corrected chi connectivity index (χ1v) is 11.4. The second kappa shape index (κ2) is 7.68. The third-order valence-corrected chi connectivity index (χ3v) is 7.10. The molecule has 0 atom stereocenters. The monoisotopic (exact) mass is 433 g/mol. The summed E-state index contributed by atoms with van der Waals surface area (Å²) in [6.45, 7) is 2.08. The highest BCUT2D eigenvalue weighted by molar-refractivity contribution is 7.94. The van der Waals surface area contributed by atoms with Gasteiger partial charge in [0.15, 0.2) is 0 Å². The minimum absolute atomic E-state index is 0.00574. The molecule has 0 aromatic heterocycles. The van der Waals surface area contributed by atoms with Crippen LogP contribution in [0.1, 0.15) is 29.6 Å². The molecule has 7 nitrogen and oxygen atoms in total. The number of sulfonamides is 1. The first kappa shape index (κ1) is 19.7. The summed E-state index contributed by atoms with van der Waals surface area (Å²) in [6, 6.07) is 11.8. The van der Waals surface area contributed by atoms with E-state index in [1.54, 1.807) is 0 Å². The lowest BCUT2D eigenvalue weighted by Gasteiger charge is -2.18. The van der Waals surface area contributed by atoms with Gasteiger partial charge in [0.2, 0.25) is 15.9 Å². The van der Waals surface area contributed by atoms with Gasteiger partial charge in [-0.25, -0.2) is 12.7 Å². The first-order valence-electron chi connectivity index (χ1n) is 9.37. The minimum atomic E-state index is -3.76. The molecule has 29 heavy (non-hydrogen) atoms. The second-order valence-corrected chi connectivity index (χ2v) is 9.43. The van der Waals surface area contributed by atoms with E-state index in [-0.39, 0.29) is 28.4 Å². The number of amides is 2. The fourth-order valence-electron chi connectivity index (χ4n) is 3.59. The van der Waals surface area contributed by atoms with Crippen LogP contribution in [0.25, 0.3) is 0 Å². The zero-order valence-corrected chi connectivity index (χ0v) is 17.2. The zero-order chi connectivity index (χ0) is 20.6. The predicted molar refractivity (Wildman–Crippen MR) is 113 cm³/mol. The van der Waals surface area contributed by atoms with Crippen molar-refractivity contribution >= 4 is 50.5 Å². The van der Waals surface area contributed by atoms with Crippen LogP contribution in [0.5, 0.6) is 0 Å². The Balaban J connectivity index is 1.54. The molecule has 1 N–H and O–H groups in total. The molecule has 2 aliphatic rings. The van der Waals surface area contributed by atoms with Gasteiger partial charge in [-0.3, -0.25) is 9.59 Å². The molecule has 0 radical (unpaired) electrons. The topological polar surface area (TPSA) is 86.8 Å². The predicted octanol–water partition coefficient (Wildman–Crippen LogP) is 3.26. The van der Waals surface area contributed by atoms with Crippen molar-refractivity contribution in [2.45, 2.75) is 19.3 Å². The van der Waals surface area contributed by atoms with Gasteiger partial charge in [-0.05, 0) is 55.3 Å². The third kappa shape index (κ3) is 3.95. The maximum absolute atomic E-state index is 12.7. The van der Waals surface area contributed by atoms with Gasteiger partial charge in [0.05, 0.1) is 16.5 Å². The fraction of sp³-hybridized carbons (Fsp3) is 0.300. The zero-order valence-electron chi connectivity index (χ0n) is 15.6. The van der Waals surface area contributed by atoms with Crippen molar-refractivity contribution in [3.8, 4) is 0 Å². The van der Waals surface area contributed by atoms with Crippen LogP contribution in [0.4, 0.5) is 17.1 Å². The minimum Gasteiger partial charge on any atom is -0.372 e. The van der Waals surface area contributed by atoms with E-state index < -0.39 is 21.8 Å². The van der Waals surface area contributed by atoms with Crippen molar-refractivity contribution in [3.63, 3.8) is 0 Å². The van der Waals surface area contributed by atoms with Crippen LogP contribution in [-0.2, 0) is 14.8 Å². The summed E-state index contributed by atoms with van der Waals surface area (Å²) in [5, 5.41) is 2.88. The van der Waals surface area contributed by atoms with Gasteiger partial charge in [0.25, 0.3) is 5.91 Å². The molecule has 0 unspecified atom stereocenters. The van der Waals surface area contributed by atoms with Crippen molar-refractivity contribution in [2.24, 2.45) is 0 Å². The number of halogens is 1. The summed E-state index contributed by atoms with van der Waals surface area (Å²) in [7, 11) is -3.76. The molecule has 152 valence electrons. The summed E-state index contributed by atoms with van der Waals surface area (Å²) in [6.07, 6.45) is 2.28. The summed E-state index contributed by atoms with van der Waals surface area (Å²) in [5.74, 6) is -1.23. The van der Waals surface area contributed by atoms with E-state index in [2.05, 4.69) is 10.2 Å². The van der Waals surface area contributed by atoms with Crippen LogP contribution in [0, 0.1) is 0 Å². The molecule has 2 heterocycles. The third-order valence-electron chi connectivity index (χ3n) is 5.10. The van der Waals surface area contributed by atoms with Gasteiger partial charge in [-0.1, -0.05) is 11.6 Å². The largest absolute Gasteiger partial charge is 0.372 e. The number of hydrogen-bond acceptors (Lipinski definition) is 5. The Bertz CT molecular complexity index is 1060. The molecule has 2 aromatic rings. The van der Waals surface area contributed by atoms with E-state index in [9.17, 15) is 18.0 Å². The normalized spacial score (nSPS) is 18.3. The van der Waals surface area contributed by atoms with E-state index in [4.69, 9.17) is 11.6 Å². The molecule has 4 rings (SSSR count). The Morgan fingerprint density at radius 1 is 1.03 bits per heavy atom. The van der Waals surface area contributed by atoms with Crippen LogP contribution < -0.4 is 14.5 Å². The molecular formula is C20H20ClN3O4S. The molecular weight excluding hydrogens is 414 g/mol. The number of carbonyl (C=O) groups excluding carboxylic acids is 2. The standard InChI is InChI=1S/C20H20ClN3O4S/c21-17-8-3-14(13-18(17)24-19(25)9-12-29(24,27)28)20(26)22-15-4-6-16(7-5-15)23-10-1-2-11-23/h3-8,13H,1-2,9-12H2,(H,22,26). The molecule has 2 amide bonds. The second-order valence-electron chi connectivity index (χ2n) is 7.09. The fourth-order valence-corrected chi connectivity index (χ4v) is 5.31. The van der Waals surface area contributed by atoms with Crippen molar-refractivity contribution in [2.75, 3.05) is 33.4 Å². The van der Waals surface area contributed by atoms with Crippen molar-refractivity contribution in [3.05, 3.63) is 53.1 Å². The Morgan fingerprint density at radius 2 is 1.72 bits per heavy atom. The smallest absolute Gasteiger partial charge is 0.255 e. The van der Waals surface area contributed by atoms with Gasteiger partial charge in [-0.15, -0.1) is 0 Å². The van der Waals surface area contributed by atoms with Crippen LogP contribution >= 0.6 is 11.6 Å². The Kier molecular flexibility index (Phi) is 5.23. The molecule has 2 saturated heterocycles. The molecule has 0 spiro atoms. The maximum Gasteiger partial charge on any atom is 0.255 e. The average molecular weight is 434 g/mol. The van der Waals surface area contributed by atoms with Crippen LogP contribution in [0.3, 0.4) is 0 Å². The van der Waals surface area contributed by atoms with Crippen LogP contribution in [0.15, 0.2) is 42.5 Å². The summed E-state index contributed by atoms with van der Waals surface area (Å²) < 4.78 is 25.1. The quantitative estimate of drug-likeness (QED) is 0.799. The molecule has 9 heteroatoms. The number of anilines is 3. The molecule has 2 aromatic carbocycles. The Morgan fingerprint density at radius 3 is 2.34 bits per heavy atom. The van der Waals surface area contributed by atoms with Crippen LogP contribution in [-0.4, -0.2) is 39.1 Å². The van der Waals surface area contributed by atoms with E-state index >= 15 is 0 Å². The van der Waals surface area contributed by atoms with Gasteiger partial charge in [0.1, 0.15) is 0 Å². The average Bonchev–Trinajstić information content (AvgIpc) is 3.31. The Hall–Kier alpha value is -2.58. The lowest BCUT2D eigenvalue weighted by atomic mass is 10.1. The van der Waals surface area contributed by atoms with Gasteiger partial charge >= 0.3 is 0 Å². The van der Waals surface area contributed by atoms with Crippen LogP contribution in [0.2, 0.25) is 5.02 Å². The van der Waals surface area contributed by atoms with Crippen molar-refractivity contribution in [1.29, 1.82) is 0 Å². The van der Waals surface area contributed by atoms with Crippen molar-refractivity contribution < 1.29 is 18.0 Å². The van der Waals surface area contributed by atoms with Gasteiger partial charge < -0.3 is 10.2 Å². The maximum atomic E-state index is 12.7. The lowest BCUT2D eigenvalue weighted by molar-refractivity contribution is -0.116. The molecule has 2 aliphatic heterocycles. The van der Waals surface area contributed by atoms with Crippen molar-refractivity contribution in [1.82, 2.24) is 0 Å². The highest BCUT2D eigenvalue weighted by Crippen LogP contribution is 2.33. The van der Waals surface area contributed by atoms with E-state index in [0.717, 1.165) is 18.8 Å². The summed E-state index contributed by atoms with van der Waals surface area (Å²) >= 11 is 6.12. The number of nitrogens with one attached hydrogen (secondary N) is 1. The summed E-state index contributed by atoms with van der Waals surface area (Å²) in [5.41, 5.74) is 1.96. The lowest BCUT2D eigenvalue weighted by Crippen LogP contribution is -2.29. The van der Waals surface area contributed by atoms with Gasteiger partial charge in [-0.2, -0.15) is 0 Å².